The SMILES string of the molecule is CCNCC1(CN(CCCO)C(C)C)CCCC(C)C1. The zero-order valence-corrected chi connectivity index (χ0v) is 14.1. The van der Waals surface area contributed by atoms with E-state index in [0.717, 1.165) is 32.0 Å². The number of nitrogens with zero attached hydrogens (tertiary/aromatic N) is 1. The first kappa shape index (κ1) is 17.9. The van der Waals surface area contributed by atoms with Crippen LogP contribution in [-0.2, 0) is 0 Å². The minimum Gasteiger partial charge on any atom is -0.396 e. The van der Waals surface area contributed by atoms with E-state index < -0.39 is 0 Å². The third-order valence-corrected chi connectivity index (χ3v) is 4.81. The molecule has 1 fully saturated rings. The zero-order chi connectivity index (χ0) is 15.0. The Morgan fingerprint density at radius 2 is 2.15 bits per heavy atom. The molecule has 0 amide bonds. The van der Waals surface area contributed by atoms with E-state index >= 15 is 0 Å². The van der Waals surface area contributed by atoms with Gasteiger partial charge in [0.25, 0.3) is 0 Å². The van der Waals surface area contributed by atoms with Gasteiger partial charge in [-0.15, -0.1) is 0 Å². The largest absolute Gasteiger partial charge is 0.396 e. The van der Waals surface area contributed by atoms with Crippen molar-refractivity contribution in [2.24, 2.45) is 11.3 Å². The van der Waals surface area contributed by atoms with Gasteiger partial charge in [0, 0.05) is 32.3 Å². The Hall–Kier alpha value is -0.120. The van der Waals surface area contributed by atoms with Crippen LogP contribution in [0.5, 0.6) is 0 Å². The van der Waals surface area contributed by atoms with Gasteiger partial charge in [-0.25, -0.2) is 0 Å². The molecule has 1 saturated carbocycles. The quantitative estimate of drug-likeness (QED) is 0.683. The van der Waals surface area contributed by atoms with Crippen molar-refractivity contribution in [2.75, 3.05) is 32.8 Å². The molecule has 0 heterocycles. The summed E-state index contributed by atoms with van der Waals surface area (Å²) < 4.78 is 0. The second-order valence-electron chi connectivity index (χ2n) is 7.12. The van der Waals surface area contributed by atoms with Gasteiger partial charge in [0.1, 0.15) is 0 Å². The fraction of sp³-hybridized carbons (Fsp3) is 1.00. The van der Waals surface area contributed by atoms with Crippen LogP contribution >= 0.6 is 0 Å². The maximum absolute atomic E-state index is 9.11. The molecule has 0 aromatic rings. The lowest BCUT2D eigenvalue weighted by Gasteiger charge is -2.44. The molecule has 2 N–H and O–H groups in total. The van der Waals surface area contributed by atoms with Crippen LogP contribution in [0.15, 0.2) is 0 Å². The lowest BCUT2D eigenvalue weighted by atomic mass is 9.69. The summed E-state index contributed by atoms with van der Waals surface area (Å²) in [5.41, 5.74) is 0.438. The van der Waals surface area contributed by atoms with Crippen LogP contribution in [0, 0.1) is 11.3 Å². The molecule has 0 saturated heterocycles. The second kappa shape index (κ2) is 9.01. The average Bonchev–Trinajstić information content (AvgIpc) is 2.41. The summed E-state index contributed by atoms with van der Waals surface area (Å²) in [7, 11) is 0. The molecule has 1 aliphatic rings. The minimum atomic E-state index is 0.305. The van der Waals surface area contributed by atoms with Crippen molar-refractivity contribution < 1.29 is 5.11 Å². The van der Waals surface area contributed by atoms with Crippen LogP contribution in [0.3, 0.4) is 0 Å². The van der Waals surface area contributed by atoms with E-state index in [2.05, 4.69) is 37.9 Å². The summed E-state index contributed by atoms with van der Waals surface area (Å²) in [5.74, 6) is 0.856. The van der Waals surface area contributed by atoms with E-state index in [1.165, 1.54) is 32.2 Å². The van der Waals surface area contributed by atoms with Crippen LogP contribution in [0.4, 0.5) is 0 Å². The van der Waals surface area contributed by atoms with Gasteiger partial charge in [0.15, 0.2) is 0 Å². The summed E-state index contributed by atoms with van der Waals surface area (Å²) in [6.07, 6.45) is 6.37. The molecule has 0 aromatic heterocycles. The first-order valence-corrected chi connectivity index (χ1v) is 8.58. The van der Waals surface area contributed by atoms with Crippen LogP contribution in [0.25, 0.3) is 0 Å². The average molecular weight is 284 g/mol. The molecule has 0 bridgehead atoms. The Morgan fingerprint density at radius 3 is 2.70 bits per heavy atom. The molecule has 3 heteroatoms. The van der Waals surface area contributed by atoms with Crippen molar-refractivity contribution in [1.82, 2.24) is 10.2 Å². The molecule has 0 aromatic carbocycles. The molecule has 1 aliphatic carbocycles. The fourth-order valence-corrected chi connectivity index (χ4v) is 3.74. The van der Waals surface area contributed by atoms with Crippen molar-refractivity contribution in [1.29, 1.82) is 0 Å². The molecule has 0 aliphatic heterocycles. The summed E-state index contributed by atoms with van der Waals surface area (Å²) in [5, 5.41) is 12.7. The number of hydrogen-bond acceptors (Lipinski definition) is 3. The molecule has 1 rings (SSSR count). The Bertz CT molecular complexity index is 257. The maximum Gasteiger partial charge on any atom is 0.0443 e. The summed E-state index contributed by atoms with van der Waals surface area (Å²) in [6.45, 7) is 13.9. The molecule has 2 atom stereocenters. The normalized spacial score (nSPS) is 27.4. The van der Waals surface area contributed by atoms with E-state index in [9.17, 15) is 0 Å². The van der Waals surface area contributed by atoms with Crippen molar-refractivity contribution in [3.8, 4) is 0 Å². The van der Waals surface area contributed by atoms with Gasteiger partial charge in [0.2, 0.25) is 0 Å². The highest BCUT2D eigenvalue weighted by Crippen LogP contribution is 2.40. The standard InChI is InChI=1S/C17H36N2O/c1-5-18-13-17(9-6-8-16(4)12-17)14-19(15(2)3)10-7-11-20/h15-16,18,20H,5-14H2,1-4H3. The number of hydrogen-bond donors (Lipinski definition) is 2. The monoisotopic (exact) mass is 284 g/mol. The Kier molecular flexibility index (Phi) is 8.08. The van der Waals surface area contributed by atoms with Gasteiger partial charge in [-0.1, -0.05) is 26.7 Å². The van der Waals surface area contributed by atoms with Crippen LogP contribution in [0.1, 0.15) is 59.8 Å². The zero-order valence-electron chi connectivity index (χ0n) is 14.1. The second-order valence-corrected chi connectivity index (χ2v) is 7.12. The predicted molar refractivity (Wildman–Crippen MR) is 87.0 cm³/mol. The first-order chi connectivity index (χ1) is 9.53. The summed E-state index contributed by atoms with van der Waals surface area (Å²) in [6, 6.07) is 0.567. The summed E-state index contributed by atoms with van der Waals surface area (Å²) >= 11 is 0. The van der Waals surface area contributed by atoms with Crippen molar-refractivity contribution in [3.05, 3.63) is 0 Å². The Labute approximate surface area is 126 Å². The lowest BCUT2D eigenvalue weighted by molar-refractivity contribution is 0.0615. The van der Waals surface area contributed by atoms with E-state index in [1.807, 2.05) is 0 Å². The highest BCUT2D eigenvalue weighted by Gasteiger charge is 2.36. The topological polar surface area (TPSA) is 35.5 Å². The Balaban J connectivity index is 2.70. The van der Waals surface area contributed by atoms with Crippen LogP contribution in [-0.4, -0.2) is 48.8 Å². The maximum atomic E-state index is 9.11. The van der Waals surface area contributed by atoms with Crippen LogP contribution in [0.2, 0.25) is 0 Å². The number of nitrogens with one attached hydrogen (secondary N) is 1. The molecule has 120 valence electrons. The van der Waals surface area contributed by atoms with Crippen molar-refractivity contribution in [2.45, 2.75) is 65.8 Å². The molecular weight excluding hydrogens is 248 g/mol. The van der Waals surface area contributed by atoms with Gasteiger partial charge < -0.3 is 15.3 Å². The number of rotatable bonds is 9. The molecular formula is C17H36N2O. The fourth-order valence-electron chi connectivity index (χ4n) is 3.74. The summed E-state index contributed by atoms with van der Waals surface area (Å²) in [4.78, 5) is 2.58. The lowest BCUT2D eigenvalue weighted by Crippen LogP contribution is -2.48. The Morgan fingerprint density at radius 1 is 1.40 bits per heavy atom. The van der Waals surface area contributed by atoms with Crippen molar-refractivity contribution >= 4 is 0 Å². The molecule has 20 heavy (non-hydrogen) atoms. The highest BCUT2D eigenvalue weighted by molar-refractivity contribution is 4.90. The van der Waals surface area contributed by atoms with Gasteiger partial charge in [-0.05, 0) is 51.0 Å². The van der Waals surface area contributed by atoms with E-state index in [1.54, 1.807) is 0 Å². The molecule has 2 unspecified atom stereocenters. The van der Waals surface area contributed by atoms with E-state index in [4.69, 9.17) is 5.11 Å². The van der Waals surface area contributed by atoms with Crippen LogP contribution < -0.4 is 5.32 Å². The molecule has 0 radical (unpaired) electrons. The van der Waals surface area contributed by atoms with E-state index in [-0.39, 0.29) is 0 Å². The van der Waals surface area contributed by atoms with Gasteiger partial charge in [-0.2, -0.15) is 0 Å². The smallest absolute Gasteiger partial charge is 0.0443 e. The minimum absolute atomic E-state index is 0.305. The van der Waals surface area contributed by atoms with Gasteiger partial charge >= 0.3 is 0 Å². The molecule has 3 nitrogen and oxygen atoms in total. The third kappa shape index (κ3) is 5.71. The van der Waals surface area contributed by atoms with Gasteiger partial charge in [0.05, 0.1) is 0 Å². The predicted octanol–water partition coefficient (Wildman–Crippen LogP) is 2.89. The highest BCUT2D eigenvalue weighted by atomic mass is 16.3. The number of aliphatic hydroxyl groups excluding tert-OH is 1. The van der Waals surface area contributed by atoms with Crippen molar-refractivity contribution in [3.63, 3.8) is 0 Å². The van der Waals surface area contributed by atoms with E-state index in [0.29, 0.717) is 18.1 Å². The first-order valence-electron chi connectivity index (χ1n) is 8.58. The third-order valence-electron chi connectivity index (χ3n) is 4.81. The number of aliphatic hydroxyl groups is 1. The molecule has 0 spiro atoms. The van der Waals surface area contributed by atoms with Gasteiger partial charge in [-0.3, -0.25) is 0 Å².